The summed E-state index contributed by atoms with van der Waals surface area (Å²) in [7, 11) is 0. The zero-order valence-electron chi connectivity index (χ0n) is 7.00. The number of hydrogen-bond acceptors (Lipinski definition) is 0. The third-order valence-corrected chi connectivity index (χ3v) is 5.31. The molecule has 0 nitrogen and oxygen atoms in total. The van der Waals surface area contributed by atoms with Crippen LogP contribution in [0.5, 0.6) is 0 Å². The van der Waals surface area contributed by atoms with Crippen LogP contribution in [0.2, 0.25) is 0 Å². The Morgan fingerprint density at radius 2 is 1.77 bits per heavy atom. The maximum Gasteiger partial charge on any atom is 0.0363 e. The van der Waals surface area contributed by atoms with Crippen LogP contribution >= 0.6 is 63.7 Å². The fraction of sp³-hybridized carbons (Fsp3) is 0.333. The fourth-order valence-electron chi connectivity index (χ4n) is 1.07. The predicted octanol–water partition coefficient (Wildman–Crippen LogP) is 5.22. The molecule has 1 rings (SSSR count). The molecule has 0 atom stereocenters. The molecule has 0 saturated carbocycles. The summed E-state index contributed by atoms with van der Waals surface area (Å²) in [5.41, 5.74) is 2.53. The highest BCUT2D eigenvalue weighted by Gasteiger charge is 2.10. The van der Waals surface area contributed by atoms with Gasteiger partial charge in [-0.3, -0.25) is 0 Å². The van der Waals surface area contributed by atoms with Gasteiger partial charge in [0.1, 0.15) is 0 Å². The van der Waals surface area contributed by atoms with Crippen molar-refractivity contribution in [2.75, 3.05) is 5.33 Å². The van der Waals surface area contributed by atoms with Gasteiger partial charge in [-0.1, -0.05) is 31.9 Å². The van der Waals surface area contributed by atoms with Crippen LogP contribution in [-0.2, 0) is 6.42 Å². The lowest BCUT2D eigenvalue weighted by Gasteiger charge is -2.10. The highest BCUT2D eigenvalue weighted by Crippen LogP contribution is 2.35. The van der Waals surface area contributed by atoms with Gasteiger partial charge in [0.25, 0.3) is 0 Å². The van der Waals surface area contributed by atoms with Crippen molar-refractivity contribution in [3.8, 4) is 0 Å². The minimum atomic E-state index is 0.972. The van der Waals surface area contributed by atoms with E-state index in [1.54, 1.807) is 0 Å². The molecule has 0 N–H and O–H groups in total. The first kappa shape index (κ1) is 12.2. The summed E-state index contributed by atoms with van der Waals surface area (Å²) < 4.78 is 3.46. The summed E-state index contributed by atoms with van der Waals surface area (Å²) in [6, 6.07) is 2.13. The van der Waals surface area contributed by atoms with E-state index in [1.165, 1.54) is 15.6 Å². The first-order valence-corrected chi connectivity index (χ1v) is 7.27. The zero-order chi connectivity index (χ0) is 10.0. The first-order valence-electron chi connectivity index (χ1n) is 3.77. The van der Waals surface area contributed by atoms with E-state index in [0.717, 1.165) is 20.7 Å². The molecule has 0 unspecified atom stereocenters. The van der Waals surface area contributed by atoms with Crippen molar-refractivity contribution in [3.05, 3.63) is 30.6 Å². The number of aryl methyl sites for hydroxylation is 1. The SMILES string of the molecule is Cc1cc(Br)c(CCBr)c(Br)c1Br. The summed E-state index contributed by atoms with van der Waals surface area (Å²) in [5, 5.41) is 0.972. The van der Waals surface area contributed by atoms with Gasteiger partial charge in [-0.15, -0.1) is 0 Å². The second-order valence-corrected chi connectivity index (χ2v) is 5.95. The average molecular weight is 436 g/mol. The topological polar surface area (TPSA) is 0 Å². The van der Waals surface area contributed by atoms with Crippen molar-refractivity contribution in [1.82, 2.24) is 0 Å². The van der Waals surface area contributed by atoms with Crippen molar-refractivity contribution in [1.29, 1.82) is 0 Å². The minimum Gasteiger partial charge on any atom is -0.0924 e. The largest absolute Gasteiger partial charge is 0.0924 e. The smallest absolute Gasteiger partial charge is 0.0363 e. The van der Waals surface area contributed by atoms with E-state index in [0.29, 0.717) is 0 Å². The maximum absolute atomic E-state index is 3.59. The van der Waals surface area contributed by atoms with E-state index in [1.807, 2.05) is 0 Å². The van der Waals surface area contributed by atoms with Crippen LogP contribution in [0, 0.1) is 6.92 Å². The molecular weight excluding hydrogens is 428 g/mol. The van der Waals surface area contributed by atoms with Crippen LogP contribution in [-0.4, -0.2) is 5.33 Å². The van der Waals surface area contributed by atoms with E-state index in [2.05, 4.69) is 76.7 Å². The number of hydrogen-bond donors (Lipinski definition) is 0. The minimum absolute atomic E-state index is 0.972. The molecule has 0 aliphatic heterocycles. The predicted molar refractivity (Wildman–Crippen MR) is 71.8 cm³/mol. The van der Waals surface area contributed by atoms with Crippen molar-refractivity contribution in [3.63, 3.8) is 0 Å². The summed E-state index contributed by atoms with van der Waals surface area (Å²) in [5.74, 6) is 0. The quantitative estimate of drug-likeness (QED) is 0.441. The highest BCUT2D eigenvalue weighted by molar-refractivity contribution is 9.13. The van der Waals surface area contributed by atoms with Crippen LogP contribution in [0.1, 0.15) is 11.1 Å². The standard InChI is InChI=1S/C9H8Br4/c1-5-4-7(11)6(2-3-10)9(13)8(5)12/h4H,2-3H2,1H3. The second kappa shape index (κ2) is 5.29. The molecule has 4 heteroatoms. The number of benzene rings is 1. The summed E-state index contributed by atoms with van der Waals surface area (Å²) in [6.07, 6.45) is 1.01. The Bertz CT molecular complexity index is 320. The van der Waals surface area contributed by atoms with Gasteiger partial charge in [0.2, 0.25) is 0 Å². The molecule has 13 heavy (non-hydrogen) atoms. The van der Waals surface area contributed by atoms with E-state index >= 15 is 0 Å². The zero-order valence-corrected chi connectivity index (χ0v) is 13.3. The lowest BCUT2D eigenvalue weighted by atomic mass is 10.1. The van der Waals surface area contributed by atoms with Crippen LogP contribution < -0.4 is 0 Å². The Hall–Kier alpha value is 1.14. The van der Waals surface area contributed by atoms with Crippen LogP contribution in [0.25, 0.3) is 0 Å². The van der Waals surface area contributed by atoms with E-state index in [4.69, 9.17) is 0 Å². The van der Waals surface area contributed by atoms with Gasteiger partial charge in [-0.2, -0.15) is 0 Å². The molecule has 0 spiro atoms. The molecule has 0 saturated heterocycles. The molecule has 72 valence electrons. The molecular formula is C9H8Br4. The lowest BCUT2D eigenvalue weighted by Crippen LogP contribution is -1.92. The molecule has 0 aromatic heterocycles. The summed E-state index contributed by atoms with van der Waals surface area (Å²) in [6.45, 7) is 2.08. The van der Waals surface area contributed by atoms with Crippen molar-refractivity contribution < 1.29 is 0 Å². The lowest BCUT2D eigenvalue weighted by molar-refractivity contribution is 1.12. The molecule has 0 aliphatic rings. The van der Waals surface area contributed by atoms with Crippen molar-refractivity contribution >= 4 is 63.7 Å². The van der Waals surface area contributed by atoms with Gasteiger partial charge in [0.05, 0.1) is 0 Å². The molecule has 0 fully saturated rings. The third-order valence-electron chi connectivity index (χ3n) is 1.78. The fourth-order valence-corrected chi connectivity index (χ4v) is 3.56. The normalized spacial score (nSPS) is 10.5. The molecule has 1 aromatic carbocycles. The highest BCUT2D eigenvalue weighted by atomic mass is 79.9. The second-order valence-electron chi connectivity index (χ2n) is 2.72. The van der Waals surface area contributed by atoms with Gasteiger partial charge >= 0.3 is 0 Å². The van der Waals surface area contributed by atoms with Gasteiger partial charge in [-0.05, 0) is 62.4 Å². The van der Waals surface area contributed by atoms with E-state index in [-0.39, 0.29) is 0 Å². The van der Waals surface area contributed by atoms with Crippen LogP contribution in [0.15, 0.2) is 19.5 Å². The summed E-state index contributed by atoms with van der Waals surface area (Å²) in [4.78, 5) is 0. The van der Waals surface area contributed by atoms with E-state index < -0.39 is 0 Å². The van der Waals surface area contributed by atoms with Gasteiger partial charge < -0.3 is 0 Å². The van der Waals surface area contributed by atoms with Crippen molar-refractivity contribution in [2.24, 2.45) is 0 Å². The van der Waals surface area contributed by atoms with Crippen LogP contribution in [0.4, 0.5) is 0 Å². The molecule has 1 aromatic rings. The Balaban J connectivity index is 3.26. The Kier molecular flexibility index (Phi) is 4.97. The summed E-state index contributed by atoms with van der Waals surface area (Å²) >= 11 is 14.1. The van der Waals surface area contributed by atoms with Gasteiger partial charge in [0, 0.05) is 18.7 Å². The molecule has 0 amide bonds. The Morgan fingerprint density at radius 3 is 2.31 bits per heavy atom. The molecule has 0 radical (unpaired) electrons. The Labute approximate surface area is 112 Å². The average Bonchev–Trinajstić information content (AvgIpc) is 2.09. The van der Waals surface area contributed by atoms with Gasteiger partial charge in [0.15, 0.2) is 0 Å². The molecule has 0 aliphatic carbocycles. The number of halogens is 4. The van der Waals surface area contributed by atoms with Crippen LogP contribution in [0.3, 0.4) is 0 Å². The number of rotatable bonds is 2. The van der Waals surface area contributed by atoms with Crippen molar-refractivity contribution in [2.45, 2.75) is 13.3 Å². The number of alkyl halides is 1. The monoisotopic (exact) mass is 432 g/mol. The third kappa shape index (κ3) is 2.80. The molecule has 0 heterocycles. The molecule has 0 bridgehead atoms. The maximum atomic E-state index is 3.59. The Morgan fingerprint density at radius 1 is 1.15 bits per heavy atom. The van der Waals surface area contributed by atoms with Gasteiger partial charge in [-0.25, -0.2) is 0 Å². The van der Waals surface area contributed by atoms with E-state index in [9.17, 15) is 0 Å². The first-order chi connectivity index (χ1) is 6.07.